The lowest BCUT2D eigenvalue weighted by atomic mass is 10.1. The van der Waals surface area contributed by atoms with E-state index in [9.17, 15) is 5.26 Å². The highest BCUT2D eigenvalue weighted by molar-refractivity contribution is 5.60. The third-order valence-electron chi connectivity index (χ3n) is 3.76. The van der Waals surface area contributed by atoms with Gasteiger partial charge < -0.3 is 9.88 Å². The normalized spacial score (nSPS) is 13.6. The van der Waals surface area contributed by atoms with E-state index >= 15 is 0 Å². The number of aromatic nitrogens is 3. The van der Waals surface area contributed by atoms with E-state index < -0.39 is 0 Å². The Morgan fingerprint density at radius 3 is 3.10 bits per heavy atom. The van der Waals surface area contributed by atoms with Gasteiger partial charge in [-0.3, -0.25) is 0 Å². The quantitative estimate of drug-likeness (QED) is 0.927. The highest BCUT2D eigenvalue weighted by atomic mass is 15.3. The summed E-state index contributed by atoms with van der Waals surface area (Å²) < 4.78 is 2.19. The zero-order valence-electron chi connectivity index (χ0n) is 11.6. The third-order valence-corrected chi connectivity index (χ3v) is 3.76. The van der Waals surface area contributed by atoms with Crippen LogP contribution < -0.4 is 5.32 Å². The minimum absolute atomic E-state index is 0.602. The molecule has 5 heteroatoms. The average molecular weight is 267 g/mol. The predicted molar refractivity (Wildman–Crippen MR) is 76.2 cm³/mol. The molecule has 1 aliphatic heterocycles. The average Bonchev–Trinajstić information content (AvgIpc) is 2.88. The van der Waals surface area contributed by atoms with Gasteiger partial charge in [-0.05, 0) is 31.4 Å². The molecule has 1 aliphatic rings. The lowest BCUT2D eigenvalue weighted by Gasteiger charge is -2.15. The molecule has 0 radical (unpaired) electrons. The molecule has 0 bridgehead atoms. The molecule has 2 aromatic rings. The minimum Gasteiger partial charge on any atom is -0.377 e. The van der Waals surface area contributed by atoms with Gasteiger partial charge in [0.2, 0.25) is 0 Å². The van der Waals surface area contributed by atoms with Crippen LogP contribution in [0.4, 0.5) is 5.69 Å². The molecule has 0 fully saturated rings. The van der Waals surface area contributed by atoms with Crippen molar-refractivity contribution in [2.75, 3.05) is 5.32 Å². The summed E-state index contributed by atoms with van der Waals surface area (Å²) in [6.45, 7) is 3.55. The van der Waals surface area contributed by atoms with Gasteiger partial charge in [0.25, 0.3) is 0 Å². The summed E-state index contributed by atoms with van der Waals surface area (Å²) in [5.74, 6) is 2.03. The molecule has 20 heavy (non-hydrogen) atoms. The second kappa shape index (κ2) is 5.33. The Kier molecular flexibility index (Phi) is 3.38. The van der Waals surface area contributed by atoms with E-state index in [0.29, 0.717) is 12.1 Å². The van der Waals surface area contributed by atoms with Crippen molar-refractivity contribution < 1.29 is 0 Å². The van der Waals surface area contributed by atoms with Gasteiger partial charge in [0.1, 0.15) is 11.9 Å². The fourth-order valence-corrected chi connectivity index (χ4v) is 2.64. The van der Waals surface area contributed by atoms with E-state index in [4.69, 9.17) is 0 Å². The fraction of sp³-hybridized carbons (Fsp3) is 0.400. The van der Waals surface area contributed by atoms with Crippen LogP contribution in [-0.4, -0.2) is 14.8 Å². The van der Waals surface area contributed by atoms with Crippen molar-refractivity contribution in [3.05, 3.63) is 41.0 Å². The van der Waals surface area contributed by atoms with Gasteiger partial charge in [0.05, 0.1) is 17.8 Å². The number of aryl methyl sites for hydroxylation is 2. The molecule has 5 nitrogen and oxygen atoms in total. The van der Waals surface area contributed by atoms with E-state index in [1.807, 2.05) is 25.1 Å². The second-order valence-electron chi connectivity index (χ2n) is 5.10. The van der Waals surface area contributed by atoms with Crippen molar-refractivity contribution in [3.63, 3.8) is 0 Å². The molecular weight excluding hydrogens is 250 g/mol. The number of nitriles is 1. The fourth-order valence-electron chi connectivity index (χ4n) is 2.64. The predicted octanol–water partition coefficient (Wildman–Crippen LogP) is 2.41. The van der Waals surface area contributed by atoms with Gasteiger partial charge in [0.15, 0.2) is 5.82 Å². The molecule has 1 N–H and O–H groups in total. The van der Waals surface area contributed by atoms with Crippen LogP contribution in [0.25, 0.3) is 0 Å². The van der Waals surface area contributed by atoms with Crippen LogP contribution in [0.3, 0.4) is 0 Å². The van der Waals surface area contributed by atoms with Crippen LogP contribution in [0.5, 0.6) is 0 Å². The van der Waals surface area contributed by atoms with Crippen LogP contribution in [0.15, 0.2) is 18.2 Å². The number of nitrogens with one attached hydrogen (secondary N) is 1. The molecule has 0 unspecified atom stereocenters. The maximum Gasteiger partial charge on any atom is 0.152 e. The highest BCUT2D eigenvalue weighted by Crippen LogP contribution is 2.20. The molecular formula is C15H17N5. The number of rotatable bonds is 3. The molecule has 0 saturated heterocycles. The number of benzene rings is 1. The molecule has 0 spiro atoms. The first-order valence-electron chi connectivity index (χ1n) is 6.94. The van der Waals surface area contributed by atoms with E-state index in [1.165, 1.54) is 12.8 Å². The van der Waals surface area contributed by atoms with Gasteiger partial charge in [0, 0.05) is 13.0 Å². The summed E-state index contributed by atoms with van der Waals surface area (Å²) in [5, 5.41) is 21.0. The maximum absolute atomic E-state index is 9.23. The number of hydrogen-bond donors (Lipinski definition) is 1. The Hall–Kier alpha value is -2.35. The first kappa shape index (κ1) is 12.7. The van der Waals surface area contributed by atoms with E-state index in [2.05, 4.69) is 26.2 Å². The lowest BCUT2D eigenvalue weighted by Crippen LogP contribution is -2.15. The van der Waals surface area contributed by atoms with Gasteiger partial charge in [-0.2, -0.15) is 5.26 Å². The van der Waals surface area contributed by atoms with Crippen molar-refractivity contribution in [2.45, 2.75) is 39.3 Å². The Morgan fingerprint density at radius 2 is 2.25 bits per heavy atom. The minimum atomic E-state index is 0.602. The van der Waals surface area contributed by atoms with Gasteiger partial charge in [-0.1, -0.05) is 12.1 Å². The summed E-state index contributed by atoms with van der Waals surface area (Å²) in [5.41, 5.74) is 2.55. The van der Waals surface area contributed by atoms with Crippen LogP contribution in [0.2, 0.25) is 0 Å². The lowest BCUT2D eigenvalue weighted by molar-refractivity contribution is 0.510. The second-order valence-corrected chi connectivity index (χ2v) is 5.10. The smallest absolute Gasteiger partial charge is 0.152 e. The molecule has 0 amide bonds. The zero-order valence-corrected chi connectivity index (χ0v) is 11.6. The molecule has 3 rings (SSSR count). The van der Waals surface area contributed by atoms with Crippen molar-refractivity contribution in [2.24, 2.45) is 0 Å². The van der Waals surface area contributed by atoms with Crippen LogP contribution >= 0.6 is 0 Å². The summed E-state index contributed by atoms with van der Waals surface area (Å²) >= 11 is 0. The molecule has 102 valence electrons. The maximum atomic E-state index is 9.23. The van der Waals surface area contributed by atoms with Crippen molar-refractivity contribution in [1.82, 2.24) is 14.8 Å². The molecule has 0 atom stereocenters. The van der Waals surface area contributed by atoms with Crippen LogP contribution in [0, 0.1) is 18.3 Å². The molecule has 0 aliphatic carbocycles. The molecule has 1 aromatic carbocycles. The molecule has 2 heterocycles. The van der Waals surface area contributed by atoms with Crippen LogP contribution in [-0.2, 0) is 19.5 Å². The van der Waals surface area contributed by atoms with E-state index in [-0.39, 0.29) is 0 Å². The van der Waals surface area contributed by atoms with Gasteiger partial charge in [-0.15, -0.1) is 10.2 Å². The Labute approximate surface area is 118 Å². The SMILES string of the molecule is Cc1cccc(NCc2nnc3n2CCCC3)c1C#N. The largest absolute Gasteiger partial charge is 0.377 e. The number of hydrogen-bond acceptors (Lipinski definition) is 4. The summed E-state index contributed by atoms with van der Waals surface area (Å²) in [4.78, 5) is 0. The third kappa shape index (κ3) is 2.25. The monoisotopic (exact) mass is 267 g/mol. The summed E-state index contributed by atoms with van der Waals surface area (Å²) in [6.07, 6.45) is 3.40. The number of anilines is 1. The Bertz CT molecular complexity index is 665. The Morgan fingerprint density at radius 1 is 1.35 bits per heavy atom. The van der Waals surface area contributed by atoms with Crippen molar-refractivity contribution >= 4 is 5.69 Å². The zero-order chi connectivity index (χ0) is 13.9. The van der Waals surface area contributed by atoms with Crippen molar-refractivity contribution in [1.29, 1.82) is 5.26 Å². The standard InChI is InChI=1S/C15H17N5/c1-11-5-4-6-13(12(11)9-16)17-10-15-19-18-14-7-2-3-8-20(14)15/h4-6,17H,2-3,7-8,10H2,1H3. The number of fused-ring (bicyclic) bond motifs is 1. The van der Waals surface area contributed by atoms with Gasteiger partial charge in [-0.25, -0.2) is 0 Å². The first-order valence-corrected chi connectivity index (χ1v) is 6.94. The van der Waals surface area contributed by atoms with E-state index in [0.717, 1.165) is 35.9 Å². The Balaban J connectivity index is 1.79. The topological polar surface area (TPSA) is 66.5 Å². The molecule has 0 saturated carbocycles. The summed E-state index contributed by atoms with van der Waals surface area (Å²) in [6, 6.07) is 8.08. The van der Waals surface area contributed by atoms with E-state index in [1.54, 1.807) is 0 Å². The molecule has 1 aromatic heterocycles. The summed E-state index contributed by atoms with van der Waals surface area (Å²) in [7, 11) is 0. The van der Waals surface area contributed by atoms with Gasteiger partial charge >= 0.3 is 0 Å². The first-order chi connectivity index (χ1) is 9.79. The van der Waals surface area contributed by atoms with Crippen LogP contribution in [0.1, 0.15) is 35.6 Å². The number of nitrogens with zero attached hydrogens (tertiary/aromatic N) is 4. The van der Waals surface area contributed by atoms with Crippen molar-refractivity contribution in [3.8, 4) is 6.07 Å². The highest BCUT2D eigenvalue weighted by Gasteiger charge is 2.15.